The molecule has 3 rings (SSSR count). The zero-order valence-electron chi connectivity index (χ0n) is 10.9. The van der Waals surface area contributed by atoms with Gasteiger partial charge in [0.05, 0.1) is 11.5 Å². The molecule has 0 spiro atoms. The molecule has 6 nitrogen and oxygen atoms in total. The molecule has 1 aliphatic rings. The molecular formula is C12H14ClN3O3S. The van der Waals surface area contributed by atoms with Crippen LogP contribution in [0.2, 0.25) is 5.15 Å². The molecular weight excluding hydrogens is 302 g/mol. The lowest BCUT2D eigenvalue weighted by Gasteiger charge is -2.17. The Labute approximate surface area is 124 Å². The van der Waals surface area contributed by atoms with Gasteiger partial charge in [0.2, 0.25) is 0 Å². The molecule has 1 fully saturated rings. The first-order chi connectivity index (χ1) is 9.54. The van der Waals surface area contributed by atoms with Gasteiger partial charge >= 0.3 is 0 Å². The highest BCUT2D eigenvalue weighted by molar-refractivity contribution is 7.98. The number of fused-ring (bicyclic) bond motifs is 1. The number of hydrogen-bond donors (Lipinski definition) is 2. The number of aliphatic hydroxyl groups is 2. The van der Waals surface area contributed by atoms with Gasteiger partial charge < -0.3 is 19.5 Å². The second-order valence-electron chi connectivity index (χ2n) is 4.68. The molecule has 1 aliphatic heterocycles. The molecule has 0 aliphatic carbocycles. The van der Waals surface area contributed by atoms with Crippen molar-refractivity contribution >= 4 is 34.4 Å². The molecule has 0 aromatic carbocycles. The Morgan fingerprint density at radius 2 is 2.10 bits per heavy atom. The molecule has 108 valence electrons. The summed E-state index contributed by atoms with van der Waals surface area (Å²) in [7, 11) is 0. The number of rotatable bonds is 2. The van der Waals surface area contributed by atoms with Crippen molar-refractivity contribution in [2.45, 2.75) is 36.4 Å². The molecule has 0 radical (unpaired) electrons. The van der Waals surface area contributed by atoms with E-state index in [0.29, 0.717) is 10.8 Å². The lowest BCUT2D eigenvalue weighted by atomic mass is 10.1. The maximum absolute atomic E-state index is 10.1. The predicted octanol–water partition coefficient (Wildman–Crippen LogP) is 1.45. The molecule has 20 heavy (non-hydrogen) atoms. The highest BCUT2D eigenvalue weighted by atomic mass is 35.5. The van der Waals surface area contributed by atoms with Crippen LogP contribution in [0.1, 0.15) is 13.2 Å². The van der Waals surface area contributed by atoms with Crippen LogP contribution in [-0.4, -0.2) is 49.3 Å². The molecule has 0 amide bonds. The van der Waals surface area contributed by atoms with E-state index in [1.165, 1.54) is 18.1 Å². The third kappa shape index (κ3) is 2.01. The average molecular weight is 316 g/mol. The molecule has 0 saturated carbocycles. The van der Waals surface area contributed by atoms with Crippen molar-refractivity contribution in [3.05, 3.63) is 17.7 Å². The van der Waals surface area contributed by atoms with E-state index >= 15 is 0 Å². The van der Waals surface area contributed by atoms with Gasteiger partial charge in [0.1, 0.15) is 29.3 Å². The van der Waals surface area contributed by atoms with Gasteiger partial charge in [0, 0.05) is 11.1 Å². The summed E-state index contributed by atoms with van der Waals surface area (Å²) in [6.07, 6.45) is 2.04. The van der Waals surface area contributed by atoms with E-state index in [0.717, 1.165) is 10.3 Å². The summed E-state index contributed by atoms with van der Waals surface area (Å²) in [6, 6.07) is 0. The second-order valence-corrected chi connectivity index (χ2v) is 5.89. The second kappa shape index (κ2) is 5.16. The number of halogens is 1. The van der Waals surface area contributed by atoms with Crippen LogP contribution in [0.5, 0.6) is 0 Å². The third-order valence-electron chi connectivity index (χ3n) is 3.50. The molecule has 3 heterocycles. The van der Waals surface area contributed by atoms with Crippen molar-refractivity contribution in [3.63, 3.8) is 0 Å². The van der Waals surface area contributed by atoms with Gasteiger partial charge in [-0.15, -0.1) is 11.8 Å². The van der Waals surface area contributed by atoms with Crippen LogP contribution in [0, 0.1) is 0 Å². The third-order valence-corrected chi connectivity index (χ3v) is 4.54. The van der Waals surface area contributed by atoms with Gasteiger partial charge in [-0.2, -0.15) is 0 Å². The summed E-state index contributed by atoms with van der Waals surface area (Å²) >= 11 is 7.63. The van der Waals surface area contributed by atoms with Gasteiger partial charge in [-0.1, -0.05) is 11.6 Å². The Morgan fingerprint density at radius 1 is 1.35 bits per heavy atom. The van der Waals surface area contributed by atoms with Gasteiger partial charge in [0.15, 0.2) is 6.23 Å². The maximum Gasteiger partial charge on any atom is 0.164 e. The zero-order chi connectivity index (χ0) is 14.4. The Morgan fingerprint density at radius 3 is 2.70 bits per heavy atom. The van der Waals surface area contributed by atoms with E-state index in [9.17, 15) is 10.2 Å². The monoisotopic (exact) mass is 315 g/mol. The van der Waals surface area contributed by atoms with Crippen LogP contribution in [0.25, 0.3) is 11.0 Å². The first kappa shape index (κ1) is 14.1. The summed E-state index contributed by atoms with van der Waals surface area (Å²) < 4.78 is 7.33. The van der Waals surface area contributed by atoms with Crippen molar-refractivity contribution < 1.29 is 14.9 Å². The zero-order valence-corrected chi connectivity index (χ0v) is 12.5. The molecule has 4 atom stereocenters. The SMILES string of the molecule is CSc1cn(C2O[C@H](C)[C@@H](O)[C@H]2O)c2ncnc(Cl)c12. The highest BCUT2D eigenvalue weighted by Gasteiger charge is 2.42. The van der Waals surface area contributed by atoms with Gasteiger partial charge in [-0.05, 0) is 13.2 Å². The Bertz CT molecular complexity index is 650. The first-order valence-corrected chi connectivity index (χ1v) is 7.71. The van der Waals surface area contributed by atoms with E-state index in [2.05, 4.69) is 9.97 Å². The number of ether oxygens (including phenoxy) is 1. The van der Waals surface area contributed by atoms with Crippen LogP contribution in [0.4, 0.5) is 0 Å². The minimum atomic E-state index is -1.01. The maximum atomic E-state index is 10.1. The average Bonchev–Trinajstić information content (AvgIpc) is 2.93. The minimum Gasteiger partial charge on any atom is -0.388 e. The predicted molar refractivity (Wildman–Crippen MR) is 75.9 cm³/mol. The normalized spacial score (nSPS) is 30.2. The topological polar surface area (TPSA) is 80.4 Å². The summed E-state index contributed by atoms with van der Waals surface area (Å²) in [5.74, 6) is 0. The lowest BCUT2D eigenvalue weighted by Crippen LogP contribution is -2.30. The fraction of sp³-hybridized carbons (Fsp3) is 0.500. The smallest absolute Gasteiger partial charge is 0.164 e. The largest absolute Gasteiger partial charge is 0.388 e. The van der Waals surface area contributed by atoms with Gasteiger partial charge in [-0.25, -0.2) is 9.97 Å². The van der Waals surface area contributed by atoms with E-state index in [1.807, 2.05) is 12.5 Å². The lowest BCUT2D eigenvalue weighted by molar-refractivity contribution is -0.0298. The van der Waals surface area contributed by atoms with E-state index in [4.69, 9.17) is 16.3 Å². The number of thioether (sulfide) groups is 1. The van der Waals surface area contributed by atoms with E-state index < -0.39 is 24.5 Å². The van der Waals surface area contributed by atoms with Gasteiger partial charge in [0.25, 0.3) is 0 Å². The first-order valence-electron chi connectivity index (χ1n) is 6.11. The number of aliphatic hydroxyl groups excluding tert-OH is 2. The quantitative estimate of drug-likeness (QED) is 0.645. The molecule has 2 aromatic rings. The summed E-state index contributed by atoms with van der Waals surface area (Å²) in [6.45, 7) is 1.72. The van der Waals surface area contributed by atoms with Crippen molar-refractivity contribution in [2.75, 3.05) is 6.26 Å². The van der Waals surface area contributed by atoms with Crippen LogP contribution in [0.15, 0.2) is 17.4 Å². The van der Waals surface area contributed by atoms with Crippen molar-refractivity contribution in [3.8, 4) is 0 Å². The highest BCUT2D eigenvalue weighted by Crippen LogP contribution is 2.37. The summed E-state index contributed by atoms with van der Waals surface area (Å²) in [5.41, 5.74) is 0.583. The van der Waals surface area contributed by atoms with E-state index in [-0.39, 0.29) is 0 Å². The standard InChI is InChI=1S/C12H14ClN3O3S/c1-5-8(17)9(18)12(19-5)16-3-6(20-2)7-10(13)14-4-15-11(7)16/h3-5,8-9,12,17-18H,1-2H3/t5-,8-,9-,12?/m1/s1. The van der Waals surface area contributed by atoms with E-state index in [1.54, 1.807) is 11.5 Å². The number of nitrogens with zero attached hydrogens (tertiary/aromatic N) is 3. The number of aromatic nitrogens is 3. The molecule has 2 aromatic heterocycles. The Hall–Kier alpha value is -0.860. The molecule has 8 heteroatoms. The van der Waals surface area contributed by atoms with Crippen LogP contribution < -0.4 is 0 Å². The Balaban J connectivity index is 2.16. The fourth-order valence-corrected chi connectivity index (χ4v) is 3.32. The van der Waals surface area contributed by atoms with Crippen molar-refractivity contribution in [2.24, 2.45) is 0 Å². The molecule has 1 unspecified atom stereocenters. The number of hydrogen-bond acceptors (Lipinski definition) is 6. The fourth-order valence-electron chi connectivity index (χ4n) is 2.42. The van der Waals surface area contributed by atoms with Crippen molar-refractivity contribution in [1.29, 1.82) is 0 Å². The van der Waals surface area contributed by atoms with Crippen molar-refractivity contribution in [1.82, 2.24) is 14.5 Å². The van der Waals surface area contributed by atoms with Crippen LogP contribution in [-0.2, 0) is 4.74 Å². The van der Waals surface area contributed by atoms with Gasteiger partial charge in [-0.3, -0.25) is 0 Å². The summed E-state index contributed by atoms with van der Waals surface area (Å²) in [4.78, 5) is 9.10. The molecule has 2 N–H and O–H groups in total. The summed E-state index contributed by atoms with van der Waals surface area (Å²) in [5, 5.41) is 21.0. The Kier molecular flexibility index (Phi) is 3.64. The minimum absolute atomic E-state index is 0.360. The van der Waals surface area contributed by atoms with Crippen LogP contribution >= 0.6 is 23.4 Å². The molecule has 1 saturated heterocycles. The van der Waals surface area contributed by atoms with Crippen LogP contribution in [0.3, 0.4) is 0 Å². The molecule has 0 bridgehead atoms.